The second kappa shape index (κ2) is 6.64. The minimum absolute atomic E-state index is 0.358. The lowest BCUT2D eigenvalue weighted by Crippen LogP contribution is -2.38. The van der Waals surface area contributed by atoms with Gasteiger partial charge in [0.1, 0.15) is 12.5 Å². The molecule has 3 fully saturated rings. The predicted molar refractivity (Wildman–Crippen MR) is 95.8 cm³/mol. The van der Waals surface area contributed by atoms with E-state index in [0.29, 0.717) is 29.5 Å². The summed E-state index contributed by atoms with van der Waals surface area (Å²) in [7, 11) is 0. The van der Waals surface area contributed by atoms with Crippen LogP contribution in [0.15, 0.2) is 46.5 Å². The van der Waals surface area contributed by atoms with Gasteiger partial charge in [-0.3, -0.25) is 0 Å². The van der Waals surface area contributed by atoms with Crippen LogP contribution in [0.2, 0.25) is 0 Å². The van der Waals surface area contributed by atoms with Crippen LogP contribution in [0.4, 0.5) is 6.01 Å². The molecule has 7 nitrogen and oxygen atoms in total. The smallest absolute Gasteiger partial charge is 0.318 e. The van der Waals surface area contributed by atoms with Crippen LogP contribution in [0.3, 0.4) is 0 Å². The highest BCUT2D eigenvalue weighted by Gasteiger charge is 2.32. The quantitative estimate of drug-likeness (QED) is 0.827. The number of fused-ring (bicyclic) bond motifs is 4. The maximum Gasteiger partial charge on any atom is 0.318 e. The lowest BCUT2D eigenvalue weighted by Gasteiger charge is -2.30. The van der Waals surface area contributed by atoms with E-state index in [0.717, 1.165) is 57.4 Å². The van der Waals surface area contributed by atoms with Crippen LogP contribution in [-0.2, 0) is 9.47 Å². The van der Waals surface area contributed by atoms with E-state index in [9.17, 15) is 0 Å². The fourth-order valence-corrected chi connectivity index (χ4v) is 3.94. The molecule has 6 rings (SSSR count). The van der Waals surface area contributed by atoms with Gasteiger partial charge in [-0.2, -0.15) is 0 Å². The van der Waals surface area contributed by atoms with Crippen molar-refractivity contribution < 1.29 is 13.9 Å². The van der Waals surface area contributed by atoms with E-state index < -0.39 is 0 Å². The summed E-state index contributed by atoms with van der Waals surface area (Å²) in [6, 6.07) is 1.06. The molecule has 1 aromatic rings. The van der Waals surface area contributed by atoms with Crippen LogP contribution < -0.4 is 4.90 Å². The molecule has 0 saturated carbocycles. The Kier molecular flexibility index (Phi) is 4.01. The summed E-state index contributed by atoms with van der Waals surface area (Å²) < 4.78 is 17.4. The molecule has 0 amide bonds. The van der Waals surface area contributed by atoms with Crippen molar-refractivity contribution in [2.75, 3.05) is 31.1 Å². The van der Waals surface area contributed by atoms with Crippen molar-refractivity contribution >= 4 is 11.8 Å². The number of aromatic nitrogens is 2. The Hall–Kier alpha value is -2.54. The first-order chi connectivity index (χ1) is 12.9. The molecule has 2 bridgehead atoms. The van der Waals surface area contributed by atoms with Gasteiger partial charge in [-0.15, -0.1) is 5.10 Å². The lowest BCUT2D eigenvalue weighted by molar-refractivity contribution is 0.249. The molecule has 0 N–H and O–H groups in total. The van der Waals surface area contributed by atoms with E-state index in [1.807, 2.05) is 12.2 Å². The van der Waals surface area contributed by atoms with Crippen molar-refractivity contribution in [1.82, 2.24) is 15.1 Å². The molecule has 1 aromatic heterocycles. The molecule has 1 aliphatic carbocycles. The third kappa shape index (κ3) is 2.92. The normalized spacial score (nSPS) is 27.8. The first-order valence-electron chi connectivity index (χ1n) is 9.29. The van der Waals surface area contributed by atoms with Gasteiger partial charge in [-0.05, 0) is 31.3 Å². The summed E-state index contributed by atoms with van der Waals surface area (Å²) in [5, 5.41) is 8.48. The van der Waals surface area contributed by atoms with Crippen LogP contribution in [-0.4, -0.2) is 47.3 Å². The molecule has 7 heteroatoms. The van der Waals surface area contributed by atoms with Crippen LogP contribution in [0, 0.1) is 0 Å². The largest absolute Gasteiger partial charge is 0.465 e. The van der Waals surface area contributed by atoms with E-state index in [2.05, 4.69) is 26.1 Å². The van der Waals surface area contributed by atoms with Crippen molar-refractivity contribution in [3.63, 3.8) is 0 Å². The van der Waals surface area contributed by atoms with Gasteiger partial charge in [0.05, 0.1) is 0 Å². The van der Waals surface area contributed by atoms with Crippen LogP contribution in [0.1, 0.15) is 31.6 Å². The van der Waals surface area contributed by atoms with Crippen molar-refractivity contribution in [3.8, 4) is 0 Å². The van der Waals surface area contributed by atoms with E-state index in [1.54, 1.807) is 6.26 Å². The SMILES string of the molecule is C1=CCCC(C2=COC=C(c3nnc(N4CCN5CCC4CC5)o3)O2)=C1. The second-order valence-electron chi connectivity index (χ2n) is 7.02. The van der Waals surface area contributed by atoms with E-state index in [-0.39, 0.29) is 0 Å². The standard InChI is InChI=1S/C19H22N4O3/c1-2-4-14(5-3-1)16-12-24-13-17(25-16)18-20-21-19(26-18)23-11-10-22-8-6-15(23)7-9-22/h1-2,4,12-13,15H,3,5-11H2. The second-order valence-corrected chi connectivity index (χ2v) is 7.02. The molecule has 4 aliphatic heterocycles. The molecular weight excluding hydrogens is 332 g/mol. The highest BCUT2D eigenvalue weighted by molar-refractivity contribution is 5.54. The maximum atomic E-state index is 5.97. The zero-order valence-electron chi connectivity index (χ0n) is 14.6. The third-order valence-electron chi connectivity index (χ3n) is 5.43. The Bertz CT molecular complexity index is 799. The van der Waals surface area contributed by atoms with Gasteiger partial charge in [0, 0.05) is 32.2 Å². The number of piperidine rings is 1. The Morgan fingerprint density at radius 2 is 1.88 bits per heavy atom. The number of hydrogen-bond donors (Lipinski definition) is 0. The minimum Gasteiger partial charge on any atom is -0.465 e. The van der Waals surface area contributed by atoms with E-state index in [4.69, 9.17) is 13.9 Å². The number of allylic oxidation sites excluding steroid dienone is 4. The van der Waals surface area contributed by atoms with Crippen molar-refractivity contribution in [2.45, 2.75) is 31.7 Å². The molecular formula is C19H22N4O3. The van der Waals surface area contributed by atoms with Gasteiger partial charge >= 0.3 is 6.01 Å². The Labute approximate surface area is 152 Å². The zero-order valence-corrected chi connectivity index (χ0v) is 14.6. The molecule has 0 spiro atoms. The Balaban J connectivity index is 1.33. The Morgan fingerprint density at radius 1 is 1.00 bits per heavy atom. The zero-order chi connectivity index (χ0) is 17.3. The van der Waals surface area contributed by atoms with E-state index >= 15 is 0 Å². The fourth-order valence-electron chi connectivity index (χ4n) is 3.94. The van der Waals surface area contributed by atoms with Crippen LogP contribution in [0.5, 0.6) is 0 Å². The summed E-state index contributed by atoms with van der Waals surface area (Å²) in [4.78, 5) is 4.75. The molecule has 26 heavy (non-hydrogen) atoms. The van der Waals surface area contributed by atoms with Gasteiger partial charge in [-0.25, -0.2) is 0 Å². The summed E-state index contributed by atoms with van der Waals surface area (Å²) in [5.74, 6) is 1.52. The number of hydrogen-bond acceptors (Lipinski definition) is 7. The molecule has 5 aliphatic rings. The molecule has 0 atom stereocenters. The number of rotatable bonds is 3. The van der Waals surface area contributed by atoms with Gasteiger partial charge < -0.3 is 23.7 Å². The predicted octanol–water partition coefficient (Wildman–Crippen LogP) is 2.82. The van der Waals surface area contributed by atoms with E-state index in [1.165, 1.54) is 6.26 Å². The first kappa shape index (κ1) is 15.7. The molecule has 136 valence electrons. The number of anilines is 1. The minimum atomic E-state index is 0.358. The molecule has 0 unspecified atom stereocenters. The first-order valence-corrected chi connectivity index (χ1v) is 9.29. The van der Waals surface area contributed by atoms with Crippen molar-refractivity contribution in [2.24, 2.45) is 0 Å². The fraction of sp³-hybridized carbons (Fsp3) is 0.474. The van der Waals surface area contributed by atoms with Crippen molar-refractivity contribution in [3.05, 3.63) is 48.0 Å². The summed E-state index contributed by atoms with van der Waals surface area (Å²) in [6.07, 6.45) is 13.6. The number of nitrogens with zero attached hydrogens (tertiary/aromatic N) is 4. The third-order valence-corrected chi connectivity index (χ3v) is 5.43. The highest BCUT2D eigenvalue weighted by atomic mass is 16.6. The van der Waals surface area contributed by atoms with Crippen LogP contribution >= 0.6 is 0 Å². The molecule has 0 radical (unpaired) electrons. The highest BCUT2D eigenvalue weighted by Crippen LogP contribution is 2.32. The maximum absolute atomic E-state index is 5.97. The van der Waals surface area contributed by atoms with Gasteiger partial charge in [-0.1, -0.05) is 23.3 Å². The van der Waals surface area contributed by atoms with Crippen molar-refractivity contribution in [1.29, 1.82) is 0 Å². The van der Waals surface area contributed by atoms with Crippen LogP contribution in [0.25, 0.3) is 5.76 Å². The Morgan fingerprint density at radius 3 is 2.73 bits per heavy atom. The summed E-state index contributed by atoms with van der Waals surface area (Å²) in [5.41, 5.74) is 1.11. The average molecular weight is 354 g/mol. The lowest BCUT2D eigenvalue weighted by atomic mass is 10.0. The average Bonchev–Trinajstić information content (AvgIpc) is 3.01. The molecule has 0 aromatic carbocycles. The van der Waals surface area contributed by atoms with Gasteiger partial charge in [0.15, 0.2) is 5.76 Å². The molecule has 5 heterocycles. The summed E-state index contributed by atoms with van der Waals surface area (Å²) in [6.45, 7) is 4.28. The van der Waals surface area contributed by atoms with Gasteiger partial charge in [0.25, 0.3) is 5.89 Å². The number of ether oxygens (including phenoxy) is 2. The monoisotopic (exact) mass is 354 g/mol. The van der Waals surface area contributed by atoms with Gasteiger partial charge in [0.2, 0.25) is 5.76 Å². The summed E-state index contributed by atoms with van der Waals surface area (Å²) >= 11 is 0. The molecule has 3 saturated heterocycles. The topological polar surface area (TPSA) is 63.9 Å².